The van der Waals surface area contributed by atoms with E-state index in [1.165, 1.54) is 4.90 Å². The van der Waals surface area contributed by atoms with Gasteiger partial charge in [-0.2, -0.15) is 0 Å². The van der Waals surface area contributed by atoms with Gasteiger partial charge in [0.05, 0.1) is 12.6 Å². The predicted octanol–water partition coefficient (Wildman–Crippen LogP) is 2.04. The number of carbonyl (C=O) groups is 2. The maximum absolute atomic E-state index is 13.1. The number of carboxylic acid groups (broad SMARTS) is 1. The summed E-state index contributed by atoms with van der Waals surface area (Å²) in [6.45, 7) is 0.182. The number of fused-ring (bicyclic) bond motifs is 4. The number of carbonyl (C=O) groups excluding carboxylic acids is 1. The highest BCUT2D eigenvalue weighted by atomic mass is 16.7. The number of nitrogens with one attached hydrogen (secondary N) is 2. The van der Waals surface area contributed by atoms with Crippen molar-refractivity contribution < 1.29 is 24.2 Å². The second kappa shape index (κ2) is 7.07. The lowest BCUT2D eigenvalue weighted by Gasteiger charge is -2.40. The van der Waals surface area contributed by atoms with E-state index in [2.05, 4.69) is 10.3 Å². The first-order chi connectivity index (χ1) is 14.6. The zero-order chi connectivity index (χ0) is 20.8. The monoisotopic (exact) mass is 407 g/mol. The lowest BCUT2D eigenvalue weighted by Crippen LogP contribution is -2.53. The van der Waals surface area contributed by atoms with Gasteiger partial charge in [-0.05, 0) is 36.4 Å². The molecule has 1 aromatic heterocycles. The normalized spacial score (nSPS) is 19.7. The van der Waals surface area contributed by atoms with Crippen LogP contribution < -0.4 is 14.8 Å². The van der Waals surface area contributed by atoms with E-state index in [1.54, 1.807) is 13.1 Å². The first-order valence-corrected chi connectivity index (χ1v) is 9.76. The molecule has 2 aromatic carbocycles. The predicted molar refractivity (Wildman–Crippen MR) is 109 cm³/mol. The maximum Gasteiger partial charge on any atom is 0.326 e. The average molecular weight is 407 g/mol. The standard InChI is InChI=1S/C22H21N3O5/c1-23-10-19(26)25-16(22(27)28)9-14-13-4-2-3-5-15(13)24-20(14)21(25)12-6-7-17-18(8-12)30-11-29-17/h2-8,16,21,23-24H,9-11H2,1H3,(H,27,28)/t16-,21+/m1/s1. The molecule has 2 aliphatic heterocycles. The molecule has 0 fully saturated rings. The van der Waals surface area contributed by atoms with Crippen molar-refractivity contribution >= 4 is 22.8 Å². The Labute approximate surface area is 172 Å². The summed E-state index contributed by atoms with van der Waals surface area (Å²) in [7, 11) is 1.67. The third-order valence-corrected chi connectivity index (χ3v) is 5.74. The number of nitrogens with zero attached hydrogens (tertiary/aromatic N) is 1. The minimum absolute atomic E-state index is 0.0421. The summed E-state index contributed by atoms with van der Waals surface area (Å²) in [6, 6.07) is 11.7. The van der Waals surface area contributed by atoms with Crippen molar-refractivity contribution in [2.45, 2.75) is 18.5 Å². The molecule has 0 radical (unpaired) electrons. The minimum atomic E-state index is -1.03. The van der Waals surface area contributed by atoms with Gasteiger partial charge in [-0.25, -0.2) is 4.79 Å². The molecule has 8 heteroatoms. The zero-order valence-electron chi connectivity index (χ0n) is 16.3. The summed E-state index contributed by atoms with van der Waals surface area (Å²) in [5.74, 6) is -0.0871. The minimum Gasteiger partial charge on any atom is -0.480 e. The van der Waals surface area contributed by atoms with Crippen LogP contribution >= 0.6 is 0 Å². The molecule has 8 nitrogen and oxygen atoms in total. The number of aromatic nitrogens is 1. The number of rotatable bonds is 4. The smallest absolute Gasteiger partial charge is 0.326 e. The number of aromatic amines is 1. The molecule has 154 valence electrons. The fourth-order valence-corrected chi connectivity index (χ4v) is 4.46. The average Bonchev–Trinajstić information content (AvgIpc) is 3.36. The number of ether oxygens (including phenoxy) is 2. The third-order valence-electron chi connectivity index (χ3n) is 5.74. The fraction of sp³-hybridized carbons (Fsp3) is 0.273. The van der Waals surface area contributed by atoms with Crippen molar-refractivity contribution in [3.05, 3.63) is 59.3 Å². The van der Waals surface area contributed by atoms with Crippen molar-refractivity contribution in [3.8, 4) is 11.5 Å². The van der Waals surface area contributed by atoms with Crippen LogP contribution in [0.15, 0.2) is 42.5 Å². The van der Waals surface area contributed by atoms with Gasteiger partial charge in [0.2, 0.25) is 12.7 Å². The van der Waals surface area contributed by atoms with Crippen LogP contribution in [0.5, 0.6) is 11.5 Å². The van der Waals surface area contributed by atoms with Crippen LogP contribution in [0.4, 0.5) is 0 Å². The molecule has 0 unspecified atom stereocenters. The molecular formula is C22H21N3O5. The Balaban J connectivity index is 1.74. The number of amides is 1. The molecule has 3 aromatic rings. The molecule has 0 saturated carbocycles. The molecule has 30 heavy (non-hydrogen) atoms. The summed E-state index contributed by atoms with van der Waals surface area (Å²) < 4.78 is 10.9. The maximum atomic E-state index is 13.1. The number of carboxylic acids is 1. The van der Waals surface area contributed by atoms with E-state index in [9.17, 15) is 14.7 Å². The molecule has 0 bridgehead atoms. The number of aliphatic carboxylic acids is 1. The Hall–Kier alpha value is -3.52. The molecule has 3 heterocycles. The van der Waals surface area contributed by atoms with Gasteiger partial charge >= 0.3 is 5.97 Å². The highest BCUT2D eigenvalue weighted by Gasteiger charge is 2.43. The Bertz CT molecular complexity index is 1150. The van der Waals surface area contributed by atoms with Gasteiger partial charge in [0, 0.05) is 23.0 Å². The third kappa shape index (κ3) is 2.80. The van der Waals surface area contributed by atoms with Gasteiger partial charge in [0.25, 0.3) is 0 Å². The summed E-state index contributed by atoms with van der Waals surface area (Å²) in [4.78, 5) is 30.2. The van der Waals surface area contributed by atoms with Crippen molar-refractivity contribution in [2.75, 3.05) is 20.4 Å². The Morgan fingerprint density at radius 1 is 1.20 bits per heavy atom. The summed E-state index contributed by atoms with van der Waals surface area (Å²) in [5, 5.41) is 13.8. The van der Waals surface area contributed by atoms with Crippen LogP contribution in [0, 0.1) is 0 Å². The summed E-state index contributed by atoms with van der Waals surface area (Å²) >= 11 is 0. The van der Waals surface area contributed by atoms with Crippen molar-refractivity contribution in [1.82, 2.24) is 15.2 Å². The van der Waals surface area contributed by atoms with Crippen LogP contribution in [0.1, 0.15) is 22.9 Å². The van der Waals surface area contributed by atoms with E-state index >= 15 is 0 Å². The lowest BCUT2D eigenvalue weighted by atomic mass is 9.87. The molecule has 3 N–H and O–H groups in total. The molecule has 0 spiro atoms. The van der Waals surface area contributed by atoms with Gasteiger partial charge in [-0.1, -0.05) is 24.3 Å². The van der Waals surface area contributed by atoms with Crippen LogP contribution in [-0.4, -0.2) is 53.3 Å². The second-order valence-corrected chi connectivity index (χ2v) is 7.47. The van der Waals surface area contributed by atoms with Gasteiger partial charge in [-0.15, -0.1) is 0 Å². The van der Waals surface area contributed by atoms with Crippen LogP contribution in [-0.2, 0) is 16.0 Å². The Morgan fingerprint density at radius 2 is 2.00 bits per heavy atom. The number of H-pyrrole nitrogens is 1. The topological polar surface area (TPSA) is 104 Å². The van der Waals surface area contributed by atoms with E-state index in [0.717, 1.165) is 27.7 Å². The molecule has 0 saturated heterocycles. The molecule has 2 atom stereocenters. The first kappa shape index (κ1) is 18.5. The van der Waals surface area contributed by atoms with Crippen LogP contribution in [0.2, 0.25) is 0 Å². The van der Waals surface area contributed by atoms with Crippen molar-refractivity contribution in [1.29, 1.82) is 0 Å². The fourth-order valence-electron chi connectivity index (χ4n) is 4.46. The molecular weight excluding hydrogens is 386 g/mol. The van der Waals surface area contributed by atoms with Crippen LogP contribution in [0.3, 0.4) is 0 Å². The van der Waals surface area contributed by atoms with E-state index in [4.69, 9.17) is 9.47 Å². The van der Waals surface area contributed by atoms with E-state index in [0.29, 0.717) is 11.5 Å². The van der Waals surface area contributed by atoms with Gasteiger partial charge < -0.3 is 29.8 Å². The number of likely N-dealkylation sites (N-methyl/N-ethyl adjacent to an activating group) is 1. The molecule has 0 aliphatic carbocycles. The van der Waals surface area contributed by atoms with Crippen LogP contribution in [0.25, 0.3) is 10.9 Å². The molecule has 1 amide bonds. The Morgan fingerprint density at radius 3 is 2.80 bits per heavy atom. The Kier molecular flexibility index (Phi) is 4.36. The second-order valence-electron chi connectivity index (χ2n) is 7.47. The van der Waals surface area contributed by atoms with Crippen molar-refractivity contribution in [3.63, 3.8) is 0 Å². The number of benzene rings is 2. The zero-order valence-corrected chi connectivity index (χ0v) is 16.3. The first-order valence-electron chi connectivity index (χ1n) is 9.76. The van der Waals surface area contributed by atoms with E-state index < -0.39 is 18.1 Å². The van der Waals surface area contributed by atoms with Crippen molar-refractivity contribution in [2.24, 2.45) is 0 Å². The molecule has 2 aliphatic rings. The van der Waals surface area contributed by atoms with E-state index in [-0.39, 0.29) is 25.7 Å². The molecule has 5 rings (SSSR count). The summed E-state index contributed by atoms with van der Waals surface area (Å²) in [6.07, 6.45) is 0.241. The largest absolute Gasteiger partial charge is 0.480 e. The van der Waals surface area contributed by atoms with Gasteiger partial charge in [0.1, 0.15) is 6.04 Å². The highest BCUT2D eigenvalue weighted by molar-refractivity contribution is 5.91. The van der Waals surface area contributed by atoms with Gasteiger partial charge in [0.15, 0.2) is 11.5 Å². The number of para-hydroxylation sites is 1. The van der Waals surface area contributed by atoms with Gasteiger partial charge in [-0.3, -0.25) is 4.79 Å². The highest BCUT2D eigenvalue weighted by Crippen LogP contribution is 2.43. The SMILES string of the molecule is CNCC(=O)N1[C@@H](c2ccc3c(c2)OCO3)c2[nH]c3ccccc3c2C[C@@H]1C(=O)O. The number of hydrogen-bond acceptors (Lipinski definition) is 5. The van der Waals surface area contributed by atoms with E-state index in [1.807, 2.05) is 36.4 Å². The summed E-state index contributed by atoms with van der Waals surface area (Å²) in [5.41, 5.74) is 3.44. The lowest BCUT2D eigenvalue weighted by molar-refractivity contribution is -0.152. The number of hydrogen-bond donors (Lipinski definition) is 3. The quantitative estimate of drug-likeness (QED) is 0.612.